The number of hydrogen-bond donors (Lipinski definition) is 0. The van der Waals surface area contributed by atoms with Crippen molar-refractivity contribution < 1.29 is 13.2 Å². The molecule has 0 saturated carbocycles. The highest BCUT2D eigenvalue weighted by molar-refractivity contribution is 5.78. The molecule has 1 aromatic carbocycles. The first-order chi connectivity index (χ1) is 8.43. The molecule has 2 aromatic rings. The second-order valence-corrected chi connectivity index (χ2v) is 3.72. The van der Waals surface area contributed by atoms with E-state index in [1.54, 1.807) is 0 Å². The smallest absolute Gasteiger partial charge is 0.328 e. The fourth-order valence-electron chi connectivity index (χ4n) is 1.66. The number of hydrogen-bond acceptors (Lipinski definition) is 2. The maximum absolute atomic E-state index is 12.6. The Morgan fingerprint density at radius 3 is 2.72 bits per heavy atom. The normalized spacial score (nSPS) is 11.7. The molecule has 0 aliphatic carbocycles. The van der Waals surface area contributed by atoms with Crippen LogP contribution in [0.5, 0.6) is 0 Å². The van der Waals surface area contributed by atoms with Crippen molar-refractivity contribution in [3.8, 4) is 0 Å². The molecule has 0 amide bonds. The number of benzene rings is 1. The third-order valence-corrected chi connectivity index (χ3v) is 2.51. The zero-order valence-corrected chi connectivity index (χ0v) is 9.24. The monoisotopic (exact) mass is 254 g/mol. The molecule has 0 aliphatic heterocycles. The van der Waals surface area contributed by atoms with Gasteiger partial charge in [-0.05, 0) is 18.2 Å². The summed E-state index contributed by atoms with van der Waals surface area (Å²) in [6.07, 6.45) is -1.70. The number of halogens is 3. The van der Waals surface area contributed by atoms with Crippen LogP contribution in [0.3, 0.4) is 0 Å². The van der Waals surface area contributed by atoms with Gasteiger partial charge in [-0.25, -0.2) is 0 Å². The van der Waals surface area contributed by atoms with Gasteiger partial charge in [-0.1, -0.05) is 6.08 Å². The van der Waals surface area contributed by atoms with Gasteiger partial charge in [0.2, 0.25) is 0 Å². The molecule has 94 valence electrons. The van der Waals surface area contributed by atoms with Crippen LogP contribution in [-0.2, 0) is 12.7 Å². The zero-order valence-electron chi connectivity index (χ0n) is 9.24. The van der Waals surface area contributed by atoms with Crippen molar-refractivity contribution in [3.05, 3.63) is 53.1 Å². The first-order valence-electron chi connectivity index (χ1n) is 5.11. The summed E-state index contributed by atoms with van der Waals surface area (Å²) in [7, 11) is 0. The average molecular weight is 254 g/mol. The van der Waals surface area contributed by atoms with Crippen LogP contribution in [0.1, 0.15) is 5.56 Å². The number of aromatic nitrogens is 2. The van der Waals surface area contributed by atoms with Crippen LogP contribution in [0.25, 0.3) is 10.9 Å². The van der Waals surface area contributed by atoms with Gasteiger partial charge in [0.05, 0.1) is 22.8 Å². The molecule has 18 heavy (non-hydrogen) atoms. The van der Waals surface area contributed by atoms with Gasteiger partial charge in [0.1, 0.15) is 0 Å². The Morgan fingerprint density at radius 2 is 2.11 bits per heavy atom. The molecule has 0 unspecified atom stereocenters. The Hall–Kier alpha value is -2.11. The maximum Gasteiger partial charge on any atom is 0.416 e. The molecule has 1 aromatic heterocycles. The molecule has 0 saturated heterocycles. The summed E-state index contributed by atoms with van der Waals surface area (Å²) in [5, 5.41) is 0.160. The predicted molar refractivity (Wildman–Crippen MR) is 61.2 cm³/mol. The van der Waals surface area contributed by atoms with Crippen molar-refractivity contribution in [2.24, 2.45) is 0 Å². The zero-order chi connectivity index (χ0) is 13.3. The van der Waals surface area contributed by atoms with Crippen LogP contribution in [0.4, 0.5) is 13.2 Å². The lowest BCUT2D eigenvalue weighted by atomic mass is 10.1. The van der Waals surface area contributed by atoms with E-state index < -0.39 is 17.3 Å². The van der Waals surface area contributed by atoms with E-state index in [4.69, 9.17) is 0 Å². The molecule has 6 heteroatoms. The van der Waals surface area contributed by atoms with Crippen molar-refractivity contribution >= 4 is 10.9 Å². The molecule has 3 nitrogen and oxygen atoms in total. The lowest BCUT2D eigenvalue weighted by molar-refractivity contribution is -0.137. The first kappa shape index (κ1) is 12.3. The Balaban J connectivity index is 2.77. The number of allylic oxidation sites excluding steroid dienone is 1. The highest BCUT2D eigenvalue weighted by Gasteiger charge is 2.30. The molecule has 0 N–H and O–H groups in total. The number of alkyl halides is 3. The molecule has 0 atom stereocenters. The van der Waals surface area contributed by atoms with E-state index in [2.05, 4.69) is 11.6 Å². The molecule has 1 heterocycles. The number of nitrogens with zero attached hydrogens (tertiary/aromatic N) is 2. The van der Waals surface area contributed by atoms with E-state index in [0.717, 1.165) is 18.2 Å². The summed E-state index contributed by atoms with van der Waals surface area (Å²) in [4.78, 5) is 15.1. The van der Waals surface area contributed by atoms with Gasteiger partial charge in [-0.15, -0.1) is 6.58 Å². The van der Waals surface area contributed by atoms with Gasteiger partial charge >= 0.3 is 6.18 Å². The Kier molecular flexibility index (Phi) is 2.94. The molecule has 0 spiro atoms. The SMILES string of the molecule is C=CCn1cnc(=O)c2ccc(C(F)(F)F)cc21. The Morgan fingerprint density at radius 1 is 1.39 bits per heavy atom. The van der Waals surface area contributed by atoms with Crippen LogP contribution in [0.15, 0.2) is 42.0 Å². The highest BCUT2D eigenvalue weighted by Crippen LogP contribution is 2.30. The maximum atomic E-state index is 12.6. The van der Waals surface area contributed by atoms with Crippen molar-refractivity contribution in [2.75, 3.05) is 0 Å². The molecular formula is C12H9F3N2O. The lowest BCUT2D eigenvalue weighted by Crippen LogP contribution is -2.14. The summed E-state index contributed by atoms with van der Waals surface area (Å²) in [5.74, 6) is 0. The average Bonchev–Trinajstić information content (AvgIpc) is 2.31. The Labute approximate surface area is 100 Å². The van der Waals surface area contributed by atoms with E-state index in [-0.39, 0.29) is 17.4 Å². The third kappa shape index (κ3) is 2.13. The molecule has 0 bridgehead atoms. The summed E-state index contributed by atoms with van der Waals surface area (Å²) in [6, 6.07) is 2.97. The standard InChI is InChI=1S/C12H9F3N2O/c1-2-5-17-7-16-11(18)9-4-3-8(6-10(9)17)12(13,14)15/h2-4,6-7H,1,5H2. The van der Waals surface area contributed by atoms with Crippen molar-refractivity contribution in [1.29, 1.82) is 0 Å². The summed E-state index contributed by atoms with van der Waals surface area (Å²) < 4.78 is 39.3. The van der Waals surface area contributed by atoms with Gasteiger partial charge in [-0.3, -0.25) is 4.79 Å². The van der Waals surface area contributed by atoms with E-state index in [0.29, 0.717) is 0 Å². The number of rotatable bonds is 2. The molecule has 0 fully saturated rings. The van der Waals surface area contributed by atoms with Crippen LogP contribution in [-0.4, -0.2) is 9.55 Å². The van der Waals surface area contributed by atoms with Crippen molar-refractivity contribution in [3.63, 3.8) is 0 Å². The van der Waals surface area contributed by atoms with Gasteiger partial charge in [0, 0.05) is 6.54 Å². The minimum Gasteiger partial charge on any atom is -0.328 e. The minimum atomic E-state index is -4.44. The quantitative estimate of drug-likeness (QED) is 0.772. The number of fused-ring (bicyclic) bond motifs is 1. The predicted octanol–water partition coefficient (Wildman–Crippen LogP) is 2.60. The fourth-order valence-corrected chi connectivity index (χ4v) is 1.66. The first-order valence-corrected chi connectivity index (χ1v) is 5.11. The second-order valence-electron chi connectivity index (χ2n) is 3.72. The van der Waals surface area contributed by atoms with Crippen molar-refractivity contribution in [2.45, 2.75) is 12.7 Å². The highest BCUT2D eigenvalue weighted by atomic mass is 19.4. The van der Waals surface area contributed by atoms with Gasteiger partial charge in [-0.2, -0.15) is 18.2 Å². The lowest BCUT2D eigenvalue weighted by Gasteiger charge is -2.11. The summed E-state index contributed by atoms with van der Waals surface area (Å²) >= 11 is 0. The van der Waals surface area contributed by atoms with Gasteiger partial charge in [0.25, 0.3) is 5.56 Å². The molecule has 0 aliphatic rings. The van der Waals surface area contributed by atoms with Gasteiger partial charge in [0.15, 0.2) is 0 Å². The molecular weight excluding hydrogens is 245 g/mol. The Bertz CT molecular complexity index is 658. The summed E-state index contributed by atoms with van der Waals surface area (Å²) in [6.45, 7) is 3.79. The largest absolute Gasteiger partial charge is 0.416 e. The van der Waals surface area contributed by atoms with Crippen LogP contribution in [0.2, 0.25) is 0 Å². The minimum absolute atomic E-state index is 0.160. The topological polar surface area (TPSA) is 34.9 Å². The fraction of sp³-hybridized carbons (Fsp3) is 0.167. The molecule has 2 rings (SSSR count). The van der Waals surface area contributed by atoms with E-state index in [1.807, 2.05) is 0 Å². The molecule has 0 radical (unpaired) electrons. The van der Waals surface area contributed by atoms with Gasteiger partial charge < -0.3 is 4.57 Å². The van der Waals surface area contributed by atoms with E-state index in [9.17, 15) is 18.0 Å². The van der Waals surface area contributed by atoms with Crippen molar-refractivity contribution in [1.82, 2.24) is 9.55 Å². The van der Waals surface area contributed by atoms with E-state index in [1.165, 1.54) is 17.0 Å². The third-order valence-electron chi connectivity index (χ3n) is 2.51. The second kappa shape index (κ2) is 4.29. The van der Waals surface area contributed by atoms with Crippen LogP contribution >= 0.6 is 0 Å². The summed E-state index contributed by atoms with van der Waals surface area (Å²) in [5.41, 5.74) is -1.14. The van der Waals surface area contributed by atoms with E-state index >= 15 is 0 Å². The van der Waals surface area contributed by atoms with Crippen LogP contribution < -0.4 is 5.56 Å². The van der Waals surface area contributed by atoms with Crippen LogP contribution in [0, 0.1) is 0 Å².